The summed E-state index contributed by atoms with van der Waals surface area (Å²) >= 11 is 0. The minimum atomic E-state index is -1.99. The van der Waals surface area contributed by atoms with Crippen molar-refractivity contribution in [2.75, 3.05) is 26.4 Å². The predicted molar refractivity (Wildman–Crippen MR) is 355 cm³/mol. The molecule has 0 bridgehead atoms. The van der Waals surface area contributed by atoms with Crippen LogP contribution in [0.1, 0.15) is 194 Å². The van der Waals surface area contributed by atoms with E-state index in [0.29, 0.717) is 12.8 Å². The molecular formula is C72H119NO18. The molecule has 0 spiro atoms. The van der Waals surface area contributed by atoms with Gasteiger partial charge in [-0.2, -0.15) is 0 Å². The van der Waals surface area contributed by atoms with Gasteiger partial charge in [-0.05, 0) is 103 Å². The number of aliphatic hydroxyl groups is 11. The summed E-state index contributed by atoms with van der Waals surface area (Å²) in [5.41, 5.74) is 0. The average Bonchev–Trinajstić information content (AvgIpc) is 0.885. The Balaban J connectivity index is 1.47. The maximum Gasteiger partial charge on any atom is 0.220 e. The van der Waals surface area contributed by atoms with Gasteiger partial charge in [0.2, 0.25) is 5.91 Å². The van der Waals surface area contributed by atoms with Gasteiger partial charge in [0.05, 0.1) is 38.6 Å². The lowest BCUT2D eigenvalue weighted by Gasteiger charge is -2.48. The fourth-order valence-corrected chi connectivity index (χ4v) is 10.7. The van der Waals surface area contributed by atoms with E-state index < -0.39 is 124 Å². The molecule has 0 saturated carbocycles. The first-order chi connectivity index (χ1) is 44.3. The van der Waals surface area contributed by atoms with Gasteiger partial charge in [-0.1, -0.05) is 206 Å². The molecule has 3 aliphatic rings. The monoisotopic (exact) mass is 1290 g/mol. The van der Waals surface area contributed by atoms with Crippen molar-refractivity contribution in [2.45, 2.75) is 298 Å². The number of hydrogen-bond acceptors (Lipinski definition) is 18. The highest BCUT2D eigenvalue weighted by molar-refractivity contribution is 5.76. The van der Waals surface area contributed by atoms with E-state index in [0.717, 1.165) is 103 Å². The van der Waals surface area contributed by atoms with Crippen LogP contribution in [0.3, 0.4) is 0 Å². The molecule has 19 nitrogen and oxygen atoms in total. The van der Waals surface area contributed by atoms with Crippen molar-refractivity contribution in [3.05, 3.63) is 122 Å². The molecule has 12 N–H and O–H groups in total. The molecule has 3 fully saturated rings. The zero-order chi connectivity index (χ0) is 66.1. The molecule has 0 radical (unpaired) electrons. The van der Waals surface area contributed by atoms with Gasteiger partial charge in [0.25, 0.3) is 0 Å². The maximum atomic E-state index is 13.4. The number of ether oxygens (including phenoxy) is 6. The Hall–Kier alpha value is -3.81. The van der Waals surface area contributed by atoms with E-state index >= 15 is 0 Å². The van der Waals surface area contributed by atoms with Crippen molar-refractivity contribution in [3.8, 4) is 0 Å². The molecular weight excluding hydrogens is 1170 g/mol. The fourth-order valence-electron chi connectivity index (χ4n) is 10.7. The van der Waals surface area contributed by atoms with Crippen LogP contribution in [0.2, 0.25) is 0 Å². The van der Waals surface area contributed by atoms with Crippen LogP contribution in [0.5, 0.6) is 0 Å². The Kier molecular flexibility index (Phi) is 46.9. The zero-order valence-corrected chi connectivity index (χ0v) is 54.8. The number of carbonyl (C=O) groups is 1. The first-order valence-corrected chi connectivity index (χ1v) is 34.3. The molecule has 0 aliphatic carbocycles. The minimum absolute atomic E-state index is 0.201. The van der Waals surface area contributed by atoms with E-state index in [4.69, 9.17) is 28.4 Å². The van der Waals surface area contributed by atoms with Gasteiger partial charge in [0.1, 0.15) is 73.2 Å². The molecule has 3 aliphatic heterocycles. The second-order valence-electron chi connectivity index (χ2n) is 23.9. The molecule has 3 saturated heterocycles. The fraction of sp³-hybridized carbons (Fsp3) is 0.708. The van der Waals surface area contributed by atoms with Crippen LogP contribution in [0.4, 0.5) is 0 Å². The van der Waals surface area contributed by atoms with Gasteiger partial charge in [0, 0.05) is 6.42 Å². The van der Waals surface area contributed by atoms with Gasteiger partial charge in [0.15, 0.2) is 18.9 Å². The van der Waals surface area contributed by atoms with Crippen molar-refractivity contribution in [2.24, 2.45) is 0 Å². The molecule has 3 rings (SSSR count). The number of rotatable bonds is 50. The van der Waals surface area contributed by atoms with E-state index in [1.165, 1.54) is 57.8 Å². The topological polar surface area (TPSA) is 307 Å². The van der Waals surface area contributed by atoms with Gasteiger partial charge in [-0.3, -0.25) is 4.79 Å². The smallest absolute Gasteiger partial charge is 0.220 e. The molecule has 520 valence electrons. The van der Waals surface area contributed by atoms with E-state index in [1.807, 2.05) is 6.08 Å². The Morgan fingerprint density at radius 1 is 0.407 bits per heavy atom. The normalized spacial score (nSPS) is 28.6. The van der Waals surface area contributed by atoms with Crippen molar-refractivity contribution < 1.29 is 89.4 Å². The van der Waals surface area contributed by atoms with E-state index in [-0.39, 0.29) is 18.9 Å². The summed E-state index contributed by atoms with van der Waals surface area (Å²) in [6, 6.07) is -1.02. The van der Waals surface area contributed by atoms with Crippen LogP contribution in [0, 0.1) is 0 Å². The summed E-state index contributed by atoms with van der Waals surface area (Å²) in [6.45, 7) is 1.55. The lowest BCUT2D eigenvalue weighted by atomic mass is 9.96. The van der Waals surface area contributed by atoms with E-state index in [9.17, 15) is 61.0 Å². The number of amides is 1. The van der Waals surface area contributed by atoms with E-state index in [2.05, 4.69) is 129 Å². The van der Waals surface area contributed by atoms with Gasteiger partial charge in [-0.15, -0.1) is 0 Å². The third-order valence-corrected chi connectivity index (χ3v) is 16.2. The highest BCUT2D eigenvalue weighted by Crippen LogP contribution is 2.33. The van der Waals surface area contributed by atoms with Gasteiger partial charge in [-0.25, -0.2) is 0 Å². The molecule has 3 heterocycles. The van der Waals surface area contributed by atoms with Gasteiger partial charge >= 0.3 is 0 Å². The highest BCUT2D eigenvalue weighted by atomic mass is 16.8. The Bertz CT molecular complexity index is 2120. The quantitative estimate of drug-likeness (QED) is 0.0200. The van der Waals surface area contributed by atoms with Crippen molar-refractivity contribution in [3.63, 3.8) is 0 Å². The Labute approximate surface area is 544 Å². The summed E-state index contributed by atoms with van der Waals surface area (Å²) in [4.78, 5) is 13.4. The third-order valence-electron chi connectivity index (χ3n) is 16.2. The number of nitrogens with one attached hydrogen (secondary N) is 1. The lowest BCUT2D eigenvalue weighted by Crippen LogP contribution is -2.66. The first kappa shape index (κ1) is 81.4. The molecule has 17 atom stereocenters. The molecule has 17 unspecified atom stereocenters. The molecule has 0 aromatic carbocycles. The van der Waals surface area contributed by atoms with Crippen LogP contribution in [0.15, 0.2) is 122 Å². The van der Waals surface area contributed by atoms with Crippen LogP contribution in [-0.4, -0.2) is 193 Å². The molecule has 0 aromatic heterocycles. The van der Waals surface area contributed by atoms with Crippen LogP contribution >= 0.6 is 0 Å². The SMILES string of the molecule is CC/C=C\C/C=C\C/C=C\C/C=C\C/C=C\C/C=C\C/C=C\CCCCCCCC(=O)NC(COC1OC(CO)C(OC2OC(CO)C(OC3OC(CO)C(O)C(O)C3O)C(O)C2O)C(O)C1O)C(O)/C=C/CC/C=C/CC/C=C/CCCCCCCCCCC. The summed E-state index contributed by atoms with van der Waals surface area (Å²) in [6.07, 6.45) is 44.5. The van der Waals surface area contributed by atoms with Gasteiger partial charge < -0.3 is 89.9 Å². The Morgan fingerprint density at radius 3 is 1.23 bits per heavy atom. The lowest BCUT2D eigenvalue weighted by molar-refractivity contribution is -0.379. The van der Waals surface area contributed by atoms with Crippen LogP contribution < -0.4 is 5.32 Å². The number of unbranched alkanes of at least 4 members (excludes halogenated alkanes) is 16. The van der Waals surface area contributed by atoms with Crippen LogP contribution in [-0.2, 0) is 33.2 Å². The highest BCUT2D eigenvalue weighted by Gasteiger charge is 2.53. The van der Waals surface area contributed by atoms with Crippen molar-refractivity contribution >= 4 is 5.91 Å². The van der Waals surface area contributed by atoms with Crippen molar-refractivity contribution in [1.29, 1.82) is 0 Å². The molecule has 1 amide bonds. The largest absolute Gasteiger partial charge is 0.394 e. The number of carbonyl (C=O) groups excluding carboxylic acids is 1. The second kappa shape index (κ2) is 52.5. The summed E-state index contributed by atoms with van der Waals surface area (Å²) in [5.74, 6) is -0.314. The maximum absolute atomic E-state index is 13.4. The second-order valence-corrected chi connectivity index (χ2v) is 23.9. The number of hydrogen-bond donors (Lipinski definition) is 12. The molecule has 91 heavy (non-hydrogen) atoms. The summed E-state index contributed by atoms with van der Waals surface area (Å²) < 4.78 is 34.3. The first-order valence-electron chi connectivity index (χ1n) is 34.3. The van der Waals surface area contributed by atoms with E-state index in [1.54, 1.807) is 6.08 Å². The number of aliphatic hydroxyl groups excluding tert-OH is 11. The third kappa shape index (κ3) is 34.4. The molecule has 0 aromatic rings. The summed E-state index contributed by atoms with van der Waals surface area (Å²) in [5, 5.41) is 120. The zero-order valence-electron chi connectivity index (χ0n) is 54.8. The number of allylic oxidation sites excluding steroid dienone is 19. The minimum Gasteiger partial charge on any atom is -0.394 e. The standard InChI is InChI=1S/C72H119NO18/c1-3-5-7-9-11-13-15-17-19-21-23-24-25-26-27-28-29-30-32-34-36-38-40-42-44-46-48-50-60(78)73-55(56(77)49-47-45-43-41-39-37-35-33-31-22-20-18-16-14-12-10-8-6-4-2)54-86-70-66(84)63(81)68(58(52-75)88-70)91-72-67(85)64(82)69(59(53-76)89-72)90-71-65(83)62(80)61(79)57(51-74)87-71/h5,7,11,13,17,19,23-24,26-27,29-31,33-34,36,39,41,47,49,55-59,61-72,74-77,79-85H,3-4,6,8-10,12,14-16,18,20-22,25,28,32,35,37-38,40,42-46,48,50-54H2,1-2H3,(H,73,78)/b7-5-,13-11-,19-17-,24-23-,27-26-,30-29-,33-31+,36-34-,41-39+,49-47+. The molecule has 19 heteroatoms. The Morgan fingerprint density at radius 2 is 0.769 bits per heavy atom. The average molecular weight is 1290 g/mol. The van der Waals surface area contributed by atoms with Crippen molar-refractivity contribution in [1.82, 2.24) is 5.32 Å². The predicted octanol–water partition coefficient (Wildman–Crippen LogP) is 8.82. The van der Waals surface area contributed by atoms with Crippen LogP contribution in [0.25, 0.3) is 0 Å². The summed E-state index contributed by atoms with van der Waals surface area (Å²) in [7, 11) is 0.